The minimum Gasteiger partial charge on any atom is -0.476 e. The van der Waals surface area contributed by atoms with Crippen LogP contribution in [0.5, 0.6) is 5.88 Å². The lowest BCUT2D eigenvalue weighted by molar-refractivity contribution is 0.214. The summed E-state index contributed by atoms with van der Waals surface area (Å²) >= 11 is 6.44. The Morgan fingerprint density at radius 2 is 2.07 bits per heavy atom. The first-order valence-corrected chi connectivity index (χ1v) is 9.30. The molecule has 0 radical (unpaired) electrons. The van der Waals surface area contributed by atoms with Crippen LogP contribution in [0.25, 0.3) is 22.3 Å². The van der Waals surface area contributed by atoms with Crippen molar-refractivity contribution in [1.29, 1.82) is 0 Å². The fraction of sp³-hybridized carbons (Fsp3) is 0.350. The van der Waals surface area contributed by atoms with E-state index in [2.05, 4.69) is 15.3 Å². The average molecular weight is 405 g/mol. The van der Waals surface area contributed by atoms with Gasteiger partial charge in [-0.05, 0) is 44.0 Å². The molecule has 1 aliphatic rings. The van der Waals surface area contributed by atoms with E-state index >= 15 is 0 Å². The second-order valence-electron chi connectivity index (χ2n) is 6.74. The van der Waals surface area contributed by atoms with Crippen LogP contribution in [0.3, 0.4) is 0 Å². The van der Waals surface area contributed by atoms with E-state index in [0.29, 0.717) is 28.9 Å². The Morgan fingerprint density at radius 3 is 2.85 bits per heavy atom. The van der Waals surface area contributed by atoms with Gasteiger partial charge in [0.2, 0.25) is 5.88 Å². The number of nitrogens with zero attached hydrogens (tertiary/aromatic N) is 3. The molecular weight excluding hydrogens is 383 g/mol. The second-order valence-corrected chi connectivity index (χ2v) is 7.15. The zero-order valence-electron chi connectivity index (χ0n) is 15.1. The van der Waals surface area contributed by atoms with Crippen molar-refractivity contribution in [2.75, 3.05) is 19.7 Å². The average Bonchev–Trinajstić information content (AvgIpc) is 2.67. The summed E-state index contributed by atoms with van der Waals surface area (Å²) in [4.78, 5) is 13.6. The van der Waals surface area contributed by atoms with Crippen LogP contribution in [0, 0.1) is 12.8 Å². The Hall–Kier alpha value is -1.95. The van der Waals surface area contributed by atoms with Gasteiger partial charge in [-0.25, -0.2) is 9.97 Å². The van der Waals surface area contributed by atoms with Crippen molar-refractivity contribution in [2.24, 2.45) is 5.92 Å². The van der Waals surface area contributed by atoms with Gasteiger partial charge in [0, 0.05) is 30.4 Å². The van der Waals surface area contributed by atoms with Crippen LogP contribution in [-0.2, 0) is 0 Å². The molecule has 0 spiro atoms. The van der Waals surface area contributed by atoms with E-state index in [-0.39, 0.29) is 12.4 Å². The van der Waals surface area contributed by atoms with Gasteiger partial charge in [0.1, 0.15) is 0 Å². The summed E-state index contributed by atoms with van der Waals surface area (Å²) < 4.78 is 6.09. The first-order chi connectivity index (χ1) is 12.7. The first kappa shape index (κ1) is 19.8. The van der Waals surface area contributed by atoms with Crippen molar-refractivity contribution in [2.45, 2.75) is 19.8 Å². The molecule has 1 aliphatic heterocycles. The summed E-state index contributed by atoms with van der Waals surface area (Å²) in [6.07, 6.45) is 5.69. The summed E-state index contributed by atoms with van der Waals surface area (Å²) in [6.45, 7) is 4.70. The Labute approximate surface area is 169 Å². The number of halogens is 2. The van der Waals surface area contributed by atoms with Crippen LogP contribution in [0.15, 0.2) is 36.7 Å². The molecule has 0 bridgehead atoms. The maximum Gasteiger partial charge on any atom is 0.242 e. The molecule has 0 amide bonds. The van der Waals surface area contributed by atoms with Crippen molar-refractivity contribution >= 4 is 35.0 Å². The highest BCUT2D eigenvalue weighted by molar-refractivity contribution is 6.33. The van der Waals surface area contributed by atoms with E-state index in [9.17, 15) is 0 Å². The van der Waals surface area contributed by atoms with Gasteiger partial charge in [0.25, 0.3) is 0 Å². The van der Waals surface area contributed by atoms with E-state index < -0.39 is 0 Å². The van der Waals surface area contributed by atoms with Crippen molar-refractivity contribution in [3.63, 3.8) is 0 Å². The van der Waals surface area contributed by atoms with Gasteiger partial charge >= 0.3 is 0 Å². The number of hydrogen-bond donors (Lipinski definition) is 1. The molecule has 7 heteroatoms. The highest BCUT2D eigenvalue weighted by atomic mass is 35.5. The van der Waals surface area contributed by atoms with Crippen molar-refractivity contribution < 1.29 is 4.74 Å². The third-order valence-corrected chi connectivity index (χ3v) is 4.99. The zero-order chi connectivity index (χ0) is 17.9. The molecule has 1 atom stereocenters. The van der Waals surface area contributed by atoms with E-state index in [1.165, 1.54) is 12.8 Å². The molecule has 1 saturated heterocycles. The third-order valence-electron chi connectivity index (χ3n) is 4.68. The van der Waals surface area contributed by atoms with Crippen molar-refractivity contribution in [3.8, 4) is 17.1 Å². The van der Waals surface area contributed by atoms with Crippen molar-refractivity contribution in [3.05, 3.63) is 47.2 Å². The van der Waals surface area contributed by atoms with E-state index in [0.717, 1.165) is 35.4 Å². The summed E-state index contributed by atoms with van der Waals surface area (Å²) in [5.41, 5.74) is 4.17. The van der Waals surface area contributed by atoms with E-state index in [1.807, 2.05) is 31.2 Å². The van der Waals surface area contributed by atoms with Crippen LogP contribution in [0.2, 0.25) is 5.02 Å². The van der Waals surface area contributed by atoms with Gasteiger partial charge in [0.05, 0.1) is 22.8 Å². The molecule has 3 heterocycles. The van der Waals surface area contributed by atoms with Gasteiger partial charge in [-0.1, -0.05) is 23.7 Å². The third kappa shape index (κ3) is 4.49. The number of aryl methyl sites for hydroxylation is 1. The van der Waals surface area contributed by atoms with Gasteiger partial charge in [-0.15, -0.1) is 12.4 Å². The number of hydrogen-bond acceptors (Lipinski definition) is 5. The van der Waals surface area contributed by atoms with Crippen LogP contribution >= 0.6 is 24.0 Å². The van der Waals surface area contributed by atoms with Crippen LogP contribution in [0.1, 0.15) is 18.4 Å². The molecule has 0 unspecified atom stereocenters. The van der Waals surface area contributed by atoms with E-state index in [1.54, 1.807) is 12.4 Å². The van der Waals surface area contributed by atoms with Gasteiger partial charge < -0.3 is 10.1 Å². The number of pyridine rings is 1. The zero-order valence-corrected chi connectivity index (χ0v) is 16.7. The fourth-order valence-corrected chi connectivity index (χ4v) is 3.60. The standard InChI is InChI=1S/C20H21ClN4O.ClH/c1-13-4-5-15(16(21)9-13)17-10-18-19(24-8-7-23-18)20(25-17)26-12-14-3-2-6-22-11-14;/h4-5,7-10,14,22H,2-3,6,11-12H2,1H3;1H/t14-;/m0./s1. The van der Waals surface area contributed by atoms with Gasteiger partial charge in [0.15, 0.2) is 5.52 Å². The molecule has 1 fully saturated rings. The van der Waals surface area contributed by atoms with E-state index in [4.69, 9.17) is 21.3 Å². The predicted molar refractivity (Wildman–Crippen MR) is 111 cm³/mol. The second kappa shape index (κ2) is 8.83. The quantitative estimate of drug-likeness (QED) is 0.695. The molecule has 142 valence electrons. The maximum absolute atomic E-state index is 6.44. The first-order valence-electron chi connectivity index (χ1n) is 8.92. The topological polar surface area (TPSA) is 59.9 Å². The Kier molecular flexibility index (Phi) is 6.47. The number of rotatable bonds is 4. The molecule has 1 N–H and O–H groups in total. The number of nitrogens with one attached hydrogen (secondary N) is 1. The largest absolute Gasteiger partial charge is 0.476 e. The number of benzene rings is 1. The summed E-state index contributed by atoms with van der Waals surface area (Å²) in [5.74, 6) is 1.01. The van der Waals surface area contributed by atoms with Gasteiger partial charge in [-0.2, -0.15) is 0 Å². The lowest BCUT2D eigenvalue weighted by Gasteiger charge is -2.22. The minimum absolute atomic E-state index is 0. The lowest BCUT2D eigenvalue weighted by atomic mass is 10.0. The van der Waals surface area contributed by atoms with Crippen LogP contribution in [-0.4, -0.2) is 34.6 Å². The Bertz CT molecular complexity index is 929. The molecule has 1 aromatic carbocycles. The fourth-order valence-electron chi connectivity index (χ4n) is 3.27. The molecular formula is C20H22Cl2N4O. The van der Waals surface area contributed by atoms with Crippen molar-refractivity contribution in [1.82, 2.24) is 20.3 Å². The molecule has 2 aromatic heterocycles. The SMILES string of the molecule is Cc1ccc(-c2cc3nccnc3c(OC[C@H]3CCCNC3)n2)c(Cl)c1.Cl. The minimum atomic E-state index is 0. The maximum atomic E-state index is 6.44. The number of aromatic nitrogens is 3. The highest BCUT2D eigenvalue weighted by Crippen LogP contribution is 2.32. The molecule has 3 aromatic rings. The highest BCUT2D eigenvalue weighted by Gasteiger charge is 2.17. The smallest absolute Gasteiger partial charge is 0.242 e. The number of fused-ring (bicyclic) bond motifs is 1. The molecule has 5 nitrogen and oxygen atoms in total. The lowest BCUT2D eigenvalue weighted by Crippen LogP contribution is -2.33. The van der Waals surface area contributed by atoms with Crippen LogP contribution in [0.4, 0.5) is 0 Å². The molecule has 4 rings (SSSR count). The summed E-state index contributed by atoms with van der Waals surface area (Å²) in [7, 11) is 0. The van der Waals surface area contributed by atoms with Gasteiger partial charge in [-0.3, -0.25) is 4.98 Å². The molecule has 0 saturated carbocycles. The number of ether oxygens (including phenoxy) is 1. The monoisotopic (exact) mass is 404 g/mol. The Balaban J connectivity index is 0.00000210. The molecule has 27 heavy (non-hydrogen) atoms. The Morgan fingerprint density at radius 1 is 1.22 bits per heavy atom. The summed E-state index contributed by atoms with van der Waals surface area (Å²) in [5, 5.41) is 4.08. The normalized spacial score (nSPS) is 16.7. The number of piperidine rings is 1. The van der Waals surface area contributed by atoms with Crippen LogP contribution < -0.4 is 10.1 Å². The predicted octanol–water partition coefficient (Wildman–Crippen LogP) is 4.45. The summed E-state index contributed by atoms with van der Waals surface area (Å²) in [6, 6.07) is 7.86. The molecule has 0 aliphatic carbocycles.